The molecule has 1 aromatic carbocycles. The molecule has 0 radical (unpaired) electrons. The number of phenols is 1. The summed E-state index contributed by atoms with van der Waals surface area (Å²) in [6, 6.07) is 5.88. The van der Waals surface area contributed by atoms with Crippen molar-refractivity contribution in [1.82, 2.24) is 14.9 Å². The molecule has 1 aliphatic heterocycles. The Hall–Kier alpha value is -2.30. The van der Waals surface area contributed by atoms with Crippen molar-refractivity contribution in [3.63, 3.8) is 0 Å². The zero-order chi connectivity index (χ0) is 17.0. The van der Waals surface area contributed by atoms with Gasteiger partial charge in [0.1, 0.15) is 5.75 Å². The highest BCUT2D eigenvalue weighted by Crippen LogP contribution is 2.44. The second-order valence-corrected chi connectivity index (χ2v) is 7.59. The number of rotatable bonds is 1. The van der Waals surface area contributed by atoms with Gasteiger partial charge in [0.2, 0.25) is 5.91 Å². The fourth-order valence-corrected chi connectivity index (χ4v) is 5.26. The molecular formula is C20H23N3O2. The molecule has 1 aromatic heterocycles. The van der Waals surface area contributed by atoms with E-state index in [2.05, 4.69) is 14.9 Å². The van der Waals surface area contributed by atoms with Gasteiger partial charge in [-0.2, -0.15) is 0 Å². The van der Waals surface area contributed by atoms with Gasteiger partial charge in [0.15, 0.2) is 0 Å². The maximum Gasteiger partial charge on any atom is 0.230 e. The molecule has 2 N–H and O–H groups in total. The monoisotopic (exact) mass is 337 g/mol. The summed E-state index contributed by atoms with van der Waals surface area (Å²) in [5, 5.41) is 10.3. The zero-order valence-corrected chi connectivity index (χ0v) is 14.2. The number of phenolic OH excluding ortho intramolecular Hbond substituents is 1. The molecule has 5 heteroatoms. The predicted octanol–water partition coefficient (Wildman–Crippen LogP) is 2.87. The molecule has 3 atom stereocenters. The van der Waals surface area contributed by atoms with Crippen molar-refractivity contribution in [3.8, 4) is 5.75 Å². The number of nitrogens with zero attached hydrogens (tertiary/aromatic N) is 2. The normalized spacial score (nSPS) is 27.5. The molecule has 0 saturated carbocycles. The summed E-state index contributed by atoms with van der Waals surface area (Å²) in [5.41, 5.74) is 4.42. The Kier molecular flexibility index (Phi) is 3.37. The van der Waals surface area contributed by atoms with Crippen molar-refractivity contribution in [2.75, 3.05) is 6.54 Å². The molecule has 1 amide bonds. The lowest BCUT2D eigenvalue weighted by molar-refractivity contribution is -0.137. The highest BCUT2D eigenvalue weighted by atomic mass is 16.3. The second kappa shape index (κ2) is 5.61. The van der Waals surface area contributed by atoms with Crippen molar-refractivity contribution in [2.24, 2.45) is 0 Å². The number of piperidine rings is 1. The van der Waals surface area contributed by atoms with Gasteiger partial charge in [-0.05, 0) is 50.2 Å². The number of imidazole rings is 1. The van der Waals surface area contributed by atoms with Crippen LogP contribution in [0.25, 0.3) is 0 Å². The van der Waals surface area contributed by atoms with Crippen molar-refractivity contribution < 1.29 is 9.90 Å². The molecule has 1 saturated heterocycles. The van der Waals surface area contributed by atoms with Crippen LogP contribution in [0.4, 0.5) is 0 Å². The Morgan fingerprint density at radius 2 is 2.16 bits per heavy atom. The van der Waals surface area contributed by atoms with Crippen LogP contribution in [0, 0.1) is 0 Å². The van der Waals surface area contributed by atoms with E-state index >= 15 is 0 Å². The lowest BCUT2D eigenvalue weighted by Crippen LogP contribution is -2.50. The maximum absolute atomic E-state index is 13.4. The van der Waals surface area contributed by atoms with Crippen LogP contribution >= 0.6 is 0 Å². The average Bonchev–Trinajstić information content (AvgIpc) is 3.28. The van der Waals surface area contributed by atoms with Crippen molar-refractivity contribution >= 4 is 5.91 Å². The van der Waals surface area contributed by atoms with Crippen LogP contribution in [0.5, 0.6) is 5.75 Å². The number of nitrogens with one attached hydrogen (secondary N) is 1. The first-order valence-corrected chi connectivity index (χ1v) is 9.37. The van der Waals surface area contributed by atoms with Crippen molar-refractivity contribution in [2.45, 2.75) is 56.4 Å². The molecule has 5 nitrogen and oxygen atoms in total. The number of benzene rings is 1. The predicted molar refractivity (Wildman–Crippen MR) is 93.6 cm³/mol. The third-order valence-electron chi connectivity index (χ3n) is 6.38. The third kappa shape index (κ3) is 2.21. The lowest BCUT2D eigenvalue weighted by atomic mass is 9.78. The maximum atomic E-state index is 13.4. The summed E-state index contributed by atoms with van der Waals surface area (Å²) in [7, 11) is 0. The summed E-state index contributed by atoms with van der Waals surface area (Å²) in [6.07, 6.45) is 7.59. The van der Waals surface area contributed by atoms with Crippen molar-refractivity contribution in [1.29, 1.82) is 0 Å². The summed E-state index contributed by atoms with van der Waals surface area (Å²) in [6.45, 7) is 0.833. The average molecular weight is 337 g/mol. The molecule has 0 bridgehead atoms. The number of aromatic hydroxyl groups is 1. The molecule has 3 aliphatic rings. The van der Waals surface area contributed by atoms with Crippen LogP contribution < -0.4 is 0 Å². The molecule has 5 rings (SSSR count). The van der Waals surface area contributed by atoms with Crippen molar-refractivity contribution in [3.05, 3.63) is 47.0 Å². The van der Waals surface area contributed by atoms with Crippen LogP contribution in [-0.2, 0) is 17.6 Å². The molecule has 2 aliphatic carbocycles. The first-order valence-electron chi connectivity index (χ1n) is 9.37. The number of aryl methyl sites for hydroxylation is 2. The highest BCUT2D eigenvalue weighted by molar-refractivity contribution is 5.86. The first kappa shape index (κ1) is 15.0. The Balaban J connectivity index is 1.46. The van der Waals surface area contributed by atoms with Crippen LogP contribution in [0.15, 0.2) is 24.5 Å². The topological polar surface area (TPSA) is 69.2 Å². The van der Waals surface area contributed by atoms with Gasteiger partial charge in [-0.15, -0.1) is 0 Å². The Morgan fingerprint density at radius 3 is 3.08 bits per heavy atom. The van der Waals surface area contributed by atoms with Gasteiger partial charge in [-0.3, -0.25) is 4.79 Å². The van der Waals surface area contributed by atoms with Gasteiger partial charge in [-0.25, -0.2) is 4.98 Å². The molecule has 25 heavy (non-hydrogen) atoms. The van der Waals surface area contributed by atoms with E-state index in [1.165, 1.54) is 11.4 Å². The van der Waals surface area contributed by atoms with E-state index in [9.17, 15) is 9.90 Å². The number of H-pyrrole nitrogens is 1. The van der Waals surface area contributed by atoms with E-state index in [0.29, 0.717) is 5.92 Å². The molecule has 3 unspecified atom stereocenters. The minimum absolute atomic E-state index is 0.185. The van der Waals surface area contributed by atoms with Gasteiger partial charge in [0, 0.05) is 29.8 Å². The number of carbonyl (C=O) groups is 1. The summed E-state index contributed by atoms with van der Waals surface area (Å²) in [4.78, 5) is 23.3. The quantitative estimate of drug-likeness (QED) is 0.841. The number of carbonyl (C=O) groups excluding carboxylic acids is 1. The van der Waals surface area contributed by atoms with Crippen LogP contribution in [0.1, 0.15) is 60.0 Å². The van der Waals surface area contributed by atoms with Crippen LogP contribution in [-0.4, -0.2) is 38.5 Å². The minimum Gasteiger partial charge on any atom is -0.508 e. The van der Waals surface area contributed by atoms with E-state index in [4.69, 9.17) is 0 Å². The Morgan fingerprint density at radius 1 is 1.24 bits per heavy atom. The first-order chi connectivity index (χ1) is 12.2. The van der Waals surface area contributed by atoms with Gasteiger partial charge in [0.25, 0.3) is 0 Å². The number of aromatic amines is 1. The number of hydrogen-bond acceptors (Lipinski definition) is 3. The molecule has 130 valence electrons. The third-order valence-corrected chi connectivity index (χ3v) is 6.38. The van der Waals surface area contributed by atoms with Gasteiger partial charge < -0.3 is 15.0 Å². The molecule has 2 heterocycles. The Bertz CT molecular complexity index is 828. The van der Waals surface area contributed by atoms with E-state index in [1.54, 1.807) is 12.4 Å². The fraction of sp³-hybridized carbons (Fsp3) is 0.500. The number of hydrogen-bond donors (Lipinski definition) is 2. The smallest absolute Gasteiger partial charge is 0.230 e. The van der Waals surface area contributed by atoms with Crippen LogP contribution in [0.3, 0.4) is 0 Å². The largest absolute Gasteiger partial charge is 0.508 e. The summed E-state index contributed by atoms with van der Waals surface area (Å²) < 4.78 is 0. The number of likely N-dealkylation sites (tertiary alicyclic amines) is 1. The molecule has 1 fully saturated rings. The molecule has 2 aromatic rings. The highest BCUT2D eigenvalue weighted by Gasteiger charge is 2.43. The SMILES string of the molecule is O=C(C1CCc2cccc(O)c21)N1CCCC2c3nc[nH]c3CCC21. The zero-order valence-electron chi connectivity index (χ0n) is 14.2. The second-order valence-electron chi connectivity index (χ2n) is 7.59. The van der Waals surface area contributed by atoms with E-state index in [-0.39, 0.29) is 23.6 Å². The number of fused-ring (bicyclic) bond motifs is 4. The number of aromatic nitrogens is 2. The number of amides is 1. The van der Waals surface area contributed by atoms with Gasteiger partial charge in [0.05, 0.1) is 17.9 Å². The van der Waals surface area contributed by atoms with Gasteiger partial charge in [-0.1, -0.05) is 12.1 Å². The minimum atomic E-state index is -0.185. The summed E-state index contributed by atoms with van der Waals surface area (Å²) >= 11 is 0. The fourth-order valence-electron chi connectivity index (χ4n) is 5.26. The van der Waals surface area contributed by atoms with E-state index in [1.807, 2.05) is 12.1 Å². The standard InChI is InChI=1S/C20H23N3O2/c24-17-5-1-3-12-6-7-14(18(12)17)20(25)23-10-2-4-13-16(23)9-8-15-19(13)22-11-21-15/h1,3,5,11,13-14,16,24H,2,4,6-10H2,(H,21,22). The van der Waals surface area contributed by atoms with E-state index in [0.717, 1.165) is 56.2 Å². The van der Waals surface area contributed by atoms with Gasteiger partial charge >= 0.3 is 0 Å². The Labute approximate surface area is 147 Å². The van der Waals surface area contributed by atoms with E-state index < -0.39 is 0 Å². The lowest BCUT2D eigenvalue weighted by Gasteiger charge is -2.44. The molecular weight excluding hydrogens is 314 g/mol. The van der Waals surface area contributed by atoms with Crippen LogP contribution in [0.2, 0.25) is 0 Å². The summed E-state index contributed by atoms with van der Waals surface area (Å²) in [5.74, 6) is 0.655. The molecule has 0 spiro atoms.